The molecule has 0 aliphatic rings. The molecule has 0 aromatic carbocycles. The average molecular weight is 253 g/mol. The smallest absolute Gasteiger partial charge is 0.358 e. The lowest BCUT2D eigenvalue weighted by atomic mass is 10.3. The molecule has 0 saturated heterocycles. The van der Waals surface area contributed by atoms with Crippen LogP contribution in [0, 0.1) is 10.1 Å². The first kappa shape index (κ1) is 9.97. The van der Waals surface area contributed by atoms with E-state index in [0.29, 0.717) is 0 Å². The summed E-state index contributed by atoms with van der Waals surface area (Å²) in [4.78, 5) is 12.8. The monoisotopic (exact) mass is 252 g/mol. The maximum atomic E-state index is 12.2. The summed E-state index contributed by atoms with van der Waals surface area (Å²) < 4.78 is 24.1. The molecule has 0 aliphatic heterocycles. The highest BCUT2D eigenvalue weighted by molar-refractivity contribution is 9.10. The average Bonchev–Trinajstić information content (AvgIpc) is 2.03. The highest BCUT2D eigenvalue weighted by Crippen LogP contribution is 2.32. The van der Waals surface area contributed by atoms with Crippen LogP contribution in [0.1, 0.15) is 12.0 Å². The molecule has 0 fully saturated rings. The molecule has 0 amide bonds. The van der Waals surface area contributed by atoms with Crippen molar-refractivity contribution >= 4 is 21.7 Å². The van der Waals surface area contributed by atoms with Gasteiger partial charge in [0.2, 0.25) is 0 Å². The molecular weight excluding hydrogens is 250 g/mol. The zero-order valence-electron chi connectivity index (χ0n) is 6.08. The van der Waals surface area contributed by atoms with Crippen molar-refractivity contribution in [3.05, 3.63) is 32.4 Å². The second-order valence-electron chi connectivity index (χ2n) is 2.10. The van der Waals surface area contributed by atoms with Gasteiger partial charge in [-0.3, -0.25) is 0 Å². The number of hydrogen-bond donors (Lipinski definition) is 0. The highest BCUT2D eigenvalue weighted by Gasteiger charge is 2.21. The zero-order valence-corrected chi connectivity index (χ0v) is 7.66. The van der Waals surface area contributed by atoms with Gasteiger partial charge in [0.05, 0.1) is 0 Å². The standard InChI is InChI=1S/C6H3BrF2N2O2/c7-4-3(5(8)9)1-2-10-6(4)11(12)13/h1-2,5H. The van der Waals surface area contributed by atoms with E-state index in [0.717, 1.165) is 12.3 Å². The van der Waals surface area contributed by atoms with E-state index in [2.05, 4.69) is 20.9 Å². The Bertz CT molecular complexity index is 345. The Morgan fingerprint density at radius 1 is 1.62 bits per heavy atom. The van der Waals surface area contributed by atoms with Crippen LogP contribution in [0.4, 0.5) is 14.6 Å². The minimum atomic E-state index is -2.75. The first-order chi connectivity index (χ1) is 6.04. The number of alkyl halides is 2. The summed E-state index contributed by atoms with van der Waals surface area (Å²) in [5.41, 5.74) is -0.429. The third-order valence-corrected chi connectivity index (χ3v) is 2.12. The molecule has 1 heterocycles. The Morgan fingerprint density at radius 2 is 2.23 bits per heavy atom. The lowest BCUT2D eigenvalue weighted by Crippen LogP contribution is -1.96. The van der Waals surface area contributed by atoms with Crippen molar-refractivity contribution in [2.75, 3.05) is 0 Å². The van der Waals surface area contributed by atoms with Gasteiger partial charge in [0.15, 0.2) is 0 Å². The number of rotatable bonds is 2. The van der Waals surface area contributed by atoms with Crippen molar-refractivity contribution in [3.8, 4) is 0 Å². The van der Waals surface area contributed by atoms with E-state index in [1.807, 2.05) is 0 Å². The van der Waals surface area contributed by atoms with Gasteiger partial charge in [-0.25, -0.2) is 8.78 Å². The molecule has 0 spiro atoms. The number of nitrogens with zero attached hydrogens (tertiary/aromatic N) is 2. The molecule has 7 heteroatoms. The van der Waals surface area contributed by atoms with E-state index in [9.17, 15) is 18.9 Å². The van der Waals surface area contributed by atoms with Crippen molar-refractivity contribution in [2.24, 2.45) is 0 Å². The number of hydrogen-bond acceptors (Lipinski definition) is 3. The quantitative estimate of drug-likeness (QED) is 0.601. The summed E-state index contributed by atoms with van der Waals surface area (Å²) in [5.74, 6) is -0.599. The molecule has 0 N–H and O–H groups in total. The van der Waals surface area contributed by atoms with Crippen LogP contribution in [0.5, 0.6) is 0 Å². The third-order valence-electron chi connectivity index (χ3n) is 1.31. The summed E-state index contributed by atoms with van der Waals surface area (Å²) in [6.07, 6.45) is -1.78. The molecule has 0 unspecified atom stereocenters. The number of pyridine rings is 1. The van der Waals surface area contributed by atoms with Crippen molar-refractivity contribution in [2.45, 2.75) is 6.43 Å². The van der Waals surface area contributed by atoms with E-state index in [4.69, 9.17) is 0 Å². The molecule has 1 aromatic rings. The summed E-state index contributed by atoms with van der Waals surface area (Å²) in [6.45, 7) is 0. The molecule has 0 atom stereocenters. The van der Waals surface area contributed by atoms with Crippen LogP contribution in [0.3, 0.4) is 0 Å². The number of aromatic nitrogens is 1. The van der Waals surface area contributed by atoms with Crippen molar-refractivity contribution < 1.29 is 13.7 Å². The van der Waals surface area contributed by atoms with Crippen molar-refractivity contribution in [1.82, 2.24) is 4.98 Å². The fourth-order valence-electron chi connectivity index (χ4n) is 0.743. The first-order valence-electron chi connectivity index (χ1n) is 3.11. The maximum absolute atomic E-state index is 12.2. The Hall–Kier alpha value is -1.11. The lowest BCUT2D eigenvalue weighted by molar-refractivity contribution is -0.390. The SMILES string of the molecule is O=[N+]([O-])c1nccc(C(F)F)c1Br. The predicted molar refractivity (Wildman–Crippen MR) is 43.5 cm³/mol. The van der Waals surface area contributed by atoms with Gasteiger partial charge in [0, 0.05) is 5.56 Å². The van der Waals surface area contributed by atoms with Crippen LogP contribution in [0.2, 0.25) is 0 Å². The van der Waals surface area contributed by atoms with E-state index >= 15 is 0 Å². The molecule has 70 valence electrons. The van der Waals surface area contributed by atoms with Crippen LogP contribution < -0.4 is 0 Å². The molecule has 1 aromatic heterocycles. The Kier molecular flexibility index (Phi) is 2.86. The second kappa shape index (κ2) is 3.73. The van der Waals surface area contributed by atoms with Gasteiger partial charge < -0.3 is 10.1 Å². The van der Waals surface area contributed by atoms with Gasteiger partial charge in [-0.2, -0.15) is 0 Å². The molecule has 0 bridgehead atoms. The minimum absolute atomic E-state index is 0.269. The van der Waals surface area contributed by atoms with Crippen LogP contribution in [-0.4, -0.2) is 9.91 Å². The Morgan fingerprint density at radius 3 is 2.69 bits per heavy atom. The third kappa shape index (κ3) is 1.97. The number of nitro groups is 1. The molecule has 4 nitrogen and oxygen atoms in total. The summed E-state index contributed by atoms with van der Waals surface area (Å²) in [6, 6.07) is 1.03. The van der Waals surface area contributed by atoms with Gasteiger partial charge >= 0.3 is 5.82 Å². The highest BCUT2D eigenvalue weighted by atomic mass is 79.9. The summed E-state index contributed by atoms with van der Waals surface area (Å²) >= 11 is 2.70. The minimum Gasteiger partial charge on any atom is -0.358 e. The summed E-state index contributed by atoms with van der Waals surface area (Å²) in [7, 11) is 0. The largest absolute Gasteiger partial charge is 0.378 e. The Balaban J connectivity index is 3.26. The first-order valence-corrected chi connectivity index (χ1v) is 3.90. The molecule has 1 rings (SSSR count). The van der Waals surface area contributed by atoms with E-state index in [-0.39, 0.29) is 4.47 Å². The molecule has 0 radical (unpaired) electrons. The Labute approximate surface area is 79.9 Å². The van der Waals surface area contributed by atoms with E-state index in [1.54, 1.807) is 0 Å². The summed E-state index contributed by atoms with van der Waals surface area (Å²) in [5, 5.41) is 10.3. The number of halogens is 3. The fourth-order valence-corrected chi connectivity index (χ4v) is 1.30. The van der Waals surface area contributed by atoms with Crippen LogP contribution >= 0.6 is 15.9 Å². The van der Waals surface area contributed by atoms with Gasteiger partial charge in [-0.1, -0.05) is 0 Å². The lowest BCUT2D eigenvalue weighted by Gasteiger charge is -2.01. The molecule has 0 aliphatic carbocycles. The molecule has 13 heavy (non-hydrogen) atoms. The normalized spacial score (nSPS) is 10.5. The van der Waals surface area contributed by atoms with Crippen LogP contribution in [0.15, 0.2) is 16.7 Å². The zero-order chi connectivity index (χ0) is 10.0. The fraction of sp³-hybridized carbons (Fsp3) is 0.167. The van der Waals surface area contributed by atoms with Crippen molar-refractivity contribution in [3.63, 3.8) is 0 Å². The topological polar surface area (TPSA) is 56.0 Å². The van der Waals surface area contributed by atoms with Crippen LogP contribution in [-0.2, 0) is 0 Å². The van der Waals surface area contributed by atoms with Gasteiger partial charge in [0.1, 0.15) is 10.7 Å². The van der Waals surface area contributed by atoms with Gasteiger partial charge in [0.25, 0.3) is 6.43 Å². The van der Waals surface area contributed by atoms with Gasteiger partial charge in [-0.15, -0.1) is 0 Å². The van der Waals surface area contributed by atoms with Crippen molar-refractivity contribution in [1.29, 1.82) is 0 Å². The molecule has 0 saturated carbocycles. The van der Waals surface area contributed by atoms with E-state index < -0.39 is 22.7 Å². The second-order valence-corrected chi connectivity index (χ2v) is 2.89. The maximum Gasteiger partial charge on any atom is 0.378 e. The van der Waals surface area contributed by atoms with Crippen LogP contribution in [0.25, 0.3) is 0 Å². The predicted octanol–water partition coefficient (Wildman–Crippen LogP) is 2.69. The van der Waals surface area contributed by atoms with E-state index in [1.165, 1.54) is 0 Å². The van der Waals surface area contributed by atoms with Gasteiger partial charge in [-0.05, 0) is 31.9 Å². The molecular formula is C6H3BrF2N2O2.